The Hall–Kier alpha value is -1.98. The van der Waals surface area contributed by atoms with Crippen LogP contribution in [0.15, 0.2) is 58.3 Å². The van der Waals surface area contributed by atoms with Crippen molar-refractivity contribution < 1.29 is 21.6 Å². The average Bonchev–Trinajstić information content (AvgIpc) is 2.66. The van der Waals surface area contributed by atoms with Crippen LogP contribution in [0.5, 0.6) is 0 Å². The molecule has 0 aliphatic heterocycles. The molecule has 0 fully saturated rings. The van der Waals surface area contributed by atoms with Gasteiger partial charge in [-0.25, -0.2) is 21.1 Å². The zero-order chi connectivity index (χ0) is 21.8. The molecule has 0 saturated carbocycles. The third kappa shape index (κ3) is 6.00. The lowest BCUT2D eigenvalue weighted by Gasteiger charge is -2.15. The van der Waals surface area contributed by atoms with Gasteiger partial charge in [-0.05, 0) is 48.9 Å². The van der Waals surface area contributed by atoms with Crippen LogP contribution in [0.1, 0.15) is 12.5 Å². The quantitative estimate of drug-likeness (QED) is 0.622. The normalized spacial score (nSPS) is 13.3. The van der Waals surface area contributed by atoms with E-state index in [1.165, 1.54) is 57.4 Å². The van der Waals surface area contributed by atoms with Gasteiger partial charge in [-0.3, -0.25) is 4.79 Å². The number of nitrogens with zero attached hydrogens (tertiary/aromatic N) is 1. The molecule has 0 heterocycles. The van der Waals surface area contributed by atoms with E-state index in [1.54, 1.807) is 12.1 Å². The van der Waals surface area contributed by atoms with E-state index in [0.29, 0.717) is 10.6 Å². The molecule has 1 amide bonds. The molecule has 0 bridgehead atoms. The summed E-state index contributed by atoms with van der Waals surface area (Å²) in [6.45, 7) is 1.55. The third-order valence-corrected chi connectivity index (χ3v) is 7.66. The Kier molecular flexibility index (Phi) is 7.41. The minimum atomic E-state index is -3.88. The molecule has 0 aliphatic carbocycles. The summed E-state index contributed by atoms with van der Waals surface area (Å²) in [6, 6.07) is 10.6. The van der Waals surface area contributed by atoms with Crippen molar-refractivity contribution in [1.29, 1.82) is 0 Å². The van der Waals surface area contributed by atoms with Gasteiger partial charge in [0.2, 0.25) is 26.0 Å². The SMILES string of the molecule is C[C@@H](NS(=O)(=O)c1ccc(Cl)cc1)C(=O)NCc1ccc(S(=O)(=O)N(C)C)cc1. The Labute approximate surface area is 176 Å². The number of hydrogen-bond acceptors (Lipinski definition) is 5. The first-order valence-electron chi connectivity index (χ1n) is 8.50. The zero-order valence-electron chi connectivity index (χ0n) is 16.1. The predicted molar refractivity (Wildman–Crippen MR) is 110 cm³/mol. The number of hydrogen-bond donors (Lipinski definition) is 2. The molecule has 0 radical (unpaired) electrons. The van der Waals surface area contributed by atoms with Gasteiger partial charge in [-0.2, -0.15) is 4.72 Å². The Balaban J connectivity index is 1.97. The van der Waals surface area contributed by atoms with Crippen LogP contribution in [0.3, 0.4) is 0 Å². The van der Waals surface area contributed by atoms with E-state index in [-0.39, 0.29) is 16.3 Å². The highest BCUT2D eigenvalue weighted by Crippen LogP contribution is 2.15. The van der Waals surface area contributed by atoms with Gasteiger partial charge in [0.1, 0.15) is 0 Å². The maximum atomic E-state index is 12.3. The van der Waals surface area contributed by atoms with Crippen molar-refractivity contribution in [2.24, 2.45) is 0 Å². The van der Waals surface area contributed by atoms with Gasteiger partial charge in [0.15, 0.2) is 0 Å². The predicted octanol–water partition coefficient (Wildman–Crippen LogP) is 1.57. The van der Waals surface area contributed by atoms with Crippen LogP contribution >= 0.6 is 11.6 Å². The van der Waals surface area contributed by atoms with Gasteiger partial charge in [-0.1, -0.05) is 23.7 Å². The molecule has 1 atom stereocenters. The Morgan fingerprint density at radius 1 is 0.966 bits per heavy atom. The molecule has 0 spiro atoms. The van der Waals surface area contributed by atoms with Gasteiger partial charge in [0.05, 0.1) is 15.8 Å². The van der Waals surface area contributed by atoms with Gasteiger partial charge in [0.25, 0.3) is 0 Å². The van der Waals surface area contributed by atoms with Crippen LogP contribution < -0.4 is 10.0 Å². The van der Waals surface area contributed by atoms with E-state index < -0.39 is 32.0 Å². The number of amides is 1. The molecular weight excluding hydrogens is 438 g/mol. The molecule has 29 heavy (non-hydrogen) atoms. The lowest BCUT2D eigenvalue weighted by Crippen LogP contribution is -2.44. The molecule has 158 valence electrons. The highest BCUT2D eigenvalue weighted by Gasteiger charge is 2.22. The van der Waals surface area contributed by atoms with E-state index >= 15 is 0 Å². The van der Waals surface area contributed by atoms with Crippen molar-refractivity contribution in [2.45, 2.75) is 29.3 Å². The van der Waals surface area contributed by atoms with Crippen molar-refractivity contribution in [3.05, 3.63) is 59.1 Å². The van der Waals surface area contributed by atoms with Crippen molar-refractivity contribution in [3.63, 3.8) is 0 Å². The molecule has 11 heteroatoms. The summed E-state index contributed by atoms with van der Waals surface area (Å²) in [5.41, 5.74) is 0.670. The zero-order valence-corrected chi connectivity index (χ0v) is 18.5. The summed E-state index contributed by atoms with van der Waals surface area (Å²) in [6.07, 6.45) is 0. The second-order valence-electron chi connectivity index (χ2n) is 6.45. The number of halogens is 1. The fourth-order valence-corrected chi connectivity index (χ4v) is 4.53. The highest BCUT2D eigenvalue weighted by atomic mass is 35.5. The van der Waals surface area contributed by atoms with Crippen LogP contribution in [0.4, 0.5) is 0 Å². The molecule has 2 N–H and O–H groups in total. The van der Waals surface area contributed by atoms with Gasteiger partial charge in [0, 0.05) is 25.7 Å². The van der Waals surface area contributed by atoms with Crippen molar-refractivity contribution >= 4 is 37.6 Å². The van der Waals surface area contributed by atoms with E-state index in [2.05, 4.69) is 10.0 Å². The first-order chi connectivity index (χ1) is 13.4. The summed E-state index contributed by atoms with van der Waals surface area (Å²) in [5, 5.41) is 3.02. The summed E-state index contributed by atoms with van der Waals surface area (Å²) in [5.74, 6) is -0.521. The minimum absolute atomic E-state index is 0.000703. The van der Waals surface area contributed by atoms with E-state index in [9.17, 15) is 21.6 Å². The Morgan fingerprint density at radius 3 is 2.00 bits per heavy atom. The second kappa shape index (κ2) is 9.23. The van der Waals surface area contributed by atoms with E-state index in [1.807, 2.05) is 0 Å². The van der Waals surface area contributed by atoms with Crippen molar-refractivity contribution in [2.75, 3.05) is 14.1 Å². The second-order valence-corrected chi connectivity index (χ2v) is 10.7. The molecule has 0 aromatic heterocycles. The smallest absolute Gasteiger partial charge is 0.242 e. The lowest BCUT2D eigenvalue weighted by molar-refractivity contribution is -0.122. The van der Waals surface area contributed by atoms with Crippen LogP contribution in [-0.2, 0) is 31.4 Å². The molecule has 2 aromatic rings. The third-order valence-electron chi connectivity index (χ3n) is 4.02. The maximum Gasteiger partial charge on any atom is 0.242 e. The van der Waals surface area contributed by atoms with Gasteiger partial charge < -0.3 is 5.32 Å². The monoisotopic (exact) mass is 459 g/mol. The fourth-order valence-electron chi connectivity index (χ4n) is 2.30. The highest BCUT2D eigenvalue weighted by molar-refractivity contribution is 7.89. The van der Waals surface area contributed by atoms with Crippen LogP contribution in [-0.4, -0.2) is 47.2 Å². The topological polar surface area (TPSA) is 113 Å². The van der Waals surface area contributed by atoms with Gasteiger partial charge in [-0.15, -0.1) is 0 Å². The number of sulfonamides is 2. The van der Waals surface area contributed by atoms with Gasteiger partial charge >= 0.3 is 0 Å². The van der Waals surface area contributed by atoms with Crippen LogP contribution in [0.25, 0.3) is 0 Å². The molecule has 8 nitrogen and oxygen atoms in total. The number of carbonyl (C=O) groups is 1. The lowest BCUT2D eigenvalue weighted by atomic mass is 10.2. The number of benzene rings is 2. The van der Waals surface area contributed by atoms with Crippen LogP contribution in [0.2, 0.25) is 5.02 Å². The maximum absolute atomic E-state index is 12.3. The summed E-state index contributed by atoms with van der Waals surface area (Å²) in [7, 11) is -4.52. The van der Waals surface area contributed by atoms with Crippen molar-refractivity contribution in [3.8, 4) is 0 Å². The molecule has 0 saturated heterocycles. The molecule has 2 rings (SSSR count). The van der Waals surface area contributed by atoms with E-state index in [4.69, 9.17) is 11.6 Å². The standard InChI is InChI=1S/C18H22ClN3O5S2/c1-13(21-28(24,25)16-10-6-15(19)7-11-16)18(23)20-12-14-4-8-17(9-5-14)29(26,27)22(2)3/h4-11,13,21H,12H2,1-3H3,(H,20,23)/t13-/m1/s1. The summed E-state index contributed by atoms with van der Waals surface area (Å²) < 4.78 is 52.2. The summed E-state index contributed by atoms with van der Waals surface area (Å²) in [4.78, 5) is 12.4. The molecular formula is C18H22ClN3O5S2. The minimum Gasteiger partial charge on any atom is -0.351 e. The van der Waals surface area contributed by atoms with Crippen molar-refractivity contribution in [1.82, 2.24) is 14.3 Å². The number of nitrogens with one attached hydrogen (secondary N) is 2. The first kappa shape index (κ1) is 23.3. The van der Waals surface area contributed by atoms with E-state index in [0.717, 1.165) is 4.31 Å². The molecule has 0 aliphatic rings. The fraction of sp³-hybridized carbons (Fsp3) is 0.278. The van der Waals surface area contributed by atoms with Crippen LogP contribution in [0, 0.1) is 0 Å². The molecule has 0 unspecified atom stereocenters. The summed E-state index contributed by atoms with van der Waals surface area (Å²) >= 11 is 5.75. The number of rotatable bonds is 8. The average molecular weight is 460 g/mol. The number of carbonyl (C=O) groups excluding carboxylic acids is 1. The first-order valence-corrected chi connectivity index (χ1v) is 11.8. The molecule has 2 aromatic carbocycles. The Morgan fingerprint density at radius 2 is 1.48 bits per heavy atom. The Bertz CT molecular complexity index is 1070. The largest absolute Gasteiger partial charge is 0.351 e.